The highest BCUT2D eigenvalue weighted by molar-refractivity contribution is 9.15. The van der Waals surface area contributed by atoms with E-state index >= 15 is 0 Å². The molecule has 1 aromatic rings. The Morgan fingerprint density at radius 2 is 2.06 bits per heavy atom. The van der Waals surface area contributed by atoms with Gasteiger partial charge in [0.2, 0.25) is 0 Å². The molecule has 1 aliphatic rings. The third-order valence-electron chi connectivity index (χ3n) is 2.63. The first kappa shape index (κ1) is 11.1. The van der Waals surface area contributed by atoms with E-state index in [1.165, 1.54) is 17.2 Å². The van der Waals surface area contributed by atoms with Crippen LogP contribution in [0.15, 0.2) is 42.0 Å². The van der Waals surface area contributed by atoms with Crippen LogP contribution < -0.4 is 0 Å². The third-order valence-corrected chi connectivity index (χ3v) is 3.56. The van der Waals surface area contributed by atoms with Crippen molar-refractivity contribution in [1.29, 1.82) is 0 Å². The number of benzene rings is 1. The molecule has 0 unspecified atom stereocenters. The van der Waals surface area contributed by atoms with Crippen LogP contribution in [0, 0.1) is 0 Å². The molecule has 0 spiro atoms. The monoisotopic (exact) mass is 278 g/mol. The largest absolute Gasteiger partial charge is 0.478 e. The normalized spacial score (nSPS) is 15.3. The molecule has 0 saturated carbocycles. The third kappa shape index (κ3) is 2.25. The van der Waals surface area contributed by atoms with Crippen LogP contribution in [0.25, 0.3) is 4.48 Å². The van der Waals surface area contributed by atoms with Crippen LogP contribution in [0.2, 0.25) is 0 Å². The first-order valence-corrected chi connectivity index (χ1v) is 5.85. The summed E-state index contributed by atoms with van der Waals surface area (Å²) in [6.45, 7) is 0. The van der Waals surface area contributed by atoms with E-state index in [4.69, 9.17) is 5.11 Å². The molecule has 3 heteroatoms. The Morgan fingerprint density at radius 3 is 2.81 bits per heavy atom. The second kappa shape index (κ2) is 4.66. The van der Waals surface area contributed by atoms with E-state index in [1.54, 1.807) is 6.08 Å². The van der Waals surface area contributed by atoms with Gasteiger partial charge in [0.05, 0.1) is 0 Å². The molecular weight excluding hydrogens is 268 g/mol. The van der Waals surface area contributed by atoms with Crippen molar-refractivity contribution >= 4 is 26.4 Å². The molecule has 1 aromatic carbocycles. The predicted octanol–water partition coefficient (Wildman–Crippen LogP) is 3.38. The van der Waals surface area contributed by atoms with Gasteiger partial charge in [0.1, 0.15) is 0 Å². The first-order chi connectivity index (χ1) is 7.68. The number of hydrogen-bond acceptors (Lipinski definition) is 1. The summed E-state index contributed by atoms with van der Waals surface area (Å²) in [6, 6.07) is 8.17. The molecular formula is C13H11BrO2. The summed E-state index contributed by atoms with van der Waals surface area (Å²) in [5.41, 5.74) is 3.52. The Kier molecular flexibility index (Phi) is 3.25. The van der Waals surface area contributed by atoms with Gasteiger partial charge in [0.25, 0.3) is 0 Å². The van der Waals surface area contributed by atoms with Crippen molar-refractivity contribution in [3.8, 4) is 0 Å². The minimum Gasteiger partial charge on any atom is -0.478 e. The van der Waals surface area contributed by atoms with Gasteiger partial charge in [-0.3, -0.25) is 0 Å². The Labute approximate surface area is 102 Å². The molecule has 0 bridgehead atoms. The van der Waals surface area contributed by atoms with E-state index < -0.39 is 5.97 Å². The molecule has 0 heterocycles. The SMILES string of the molecule is O=C(O)/C=C/C1=C(Br)c2ccccc2CC1. The van der Waals surface area contributed by atoms with Gasteiger partial charge in [0.15, 0.2) is 0 Å². The van der Waals surface area contributed by atoms with Crippen molar-refractivity contribution in [3.63, 3.8) is 0 Å². The highest BCUT2D eigenvalue weighted by Gasteiger charge is 2.14. The van der Waals surface area contributed by atoms with E-state index in [-0.39, 0.29) is 0 Å². The minimum atomic E-state index is -0.911. The second-order valence-corrected chi connectivity index (χ2v) is 4.46. The number of carbonyl (C=O) groups is 1. The summed E-state index contributed by atoms with van der Waals surface area (Å²) in [5.74, 6) is -0.911. The summed E-state index contributed by atoms with van der Waals surface area (Å²) < 4.78 is 1.01. The number of carboxylic acid groups (broad SMARTS) is 1. The van der Waals surface area contributed by atoms with Gasteiger partial charge in [0, 0.05) is 10.6 Å². The molecule has 1 N–H and O–H groups in total. The van der Waals surface area contributed by atoms with Gasteiger partial charge < -0.3 is 5.11 Å². The van der Waals surface area contributed by atoms with E-state index in [0.717, 1.165) is 22.9 Å². The lowest BCUT2D eigenvalue weighted by Gasteiger charge is -2.17. The molecule has 0 saturated heterocycles. The van der Waals surface area contributed by atoms with Gasteiger partial charge in [-0.15, -0.1) is 0 Å². The first-order valence-electron chi connectivity index (χ1n) is 5.06. The predicted molar refractivity (Wildman–Crippen MR) is 67.4 cm³/mol. The van der Waals surface area contributed by atoms with Crippen LogP contribution in [0.3, 0.4) is 0 Å². The standard InChI is InChI=1S/C13H11BrO2/c14-13-10(7-8-12(15)16)6-5-9-3-1-2-4-11(9)13/h1-4,7-8H,5-6H2,(H,15,16)/b8-7+. The number of rotatable bonds is 2. The molecule has 0 fully saturated rings. The van der Waals surface area contributed by atoms with Crippen molar-refractivity contribution in [3.05, 3.63) is 53.1 Å². The summed E-state index contributed by atoms with van der Waals surface area (Å²) in [4.78, 5) is 10.5. The van der Waals surface area contributed by atoms with Crippen molar-refractivity contribution in [2.75, 3.05) is 0 Å². The maximum absolute atomic E-state index is 10.5. The lowest BCUT2D eigenvalue weighted by atomic mass is 9.92. The molecule has 0 atom stereocenters. The second-order valence-electron chi connectivity index (χ2n) is 3.67. The Balaban J connectivity index is 2.39. The zero-order chi connectivity index (χ0) is 11.5. The van der Waals surface area contributed by atoms with Crippen LogP contribution in [0.4, 0.5) is 0 Å². The molecule has 82 valence electrons. The Bertz CT molecular complexity index is 486. The zero-order valence-electron chi connectivity index (χ0n) is 8.61. The van der Waals surface area contributed by atoms with E-state index in [0.29, 0.717) is 0 Å². The topological polar surface area (TPSA) is 37.3 Å². The zero-order valence-corrected chi connectivity index (χ0v) is 10.2. The number of fused-ring (bicyclic) bond motifs is 1. The van der Waals surface area contributed by atoms with Crippen molar-refractivity contribution < 1.29 is 9.90 Å². The molecule has 2 nitrogen and oxygen atoms in total. The lowest BCUT2D eigenvalue weighted by molar-refractivity contribution is -0.131. The van der Waals surface area contributed by atoms with Crippen molar-refractivity contribution in [1.82, 2.24) is 0 Å². The summed E-state index contributed by atoms with van der Waals surface area (Å²) in [6.07, 6.45) is 4.69. The summed E-state index contributed by atoms with van der Waals surface area (Å²) in [7, 11) is 0. The van der Waals surface area contributed by atoms with E-state index in [9.17, 15) is 4.79 Å². The average molecular weight is 279 g/mol. The molecule has 1 aliphatic carbocycles. The summed E-state index contributed by atoms with van der Waals surface area (Å²) in [5, 5.41) is 8.60. The maximum atomic E-state index is 10.5. The lowest BCUT2D eigenvalue weighted by Crippen LogP contribution is -2.01. The highest BCUT2D eigenvalue weighted by atomic mass is 79.9. The van der Waals surface area contributed by atoms with Gasteiger partial charge in [-0.25, -0.2) is 4.79 Å². The van der Waals surface area contributed by atoms with Crippen LogP contribution in [-0.4, -0.2) is 11.1 Å². The van der Waals surface area contributed by atoms with Gasteiger partial charge >= 0.3 is 5.97 Å². The number of carboxylic acids is 1. The van der Waals surface area contributed by atoms with Gasteiger partial charge in [-0.05, 0) is 45.5 Å². The van der Waals surface area contributed by atoms with Gasteiger partial charge in [-0.1, -0.05) is 30.3 Å². The molecule has 2 rings (SSSR count). The van der Waals surface area contributed by atoms with Crippen molar-refractivity contribution in [2.24, 2.45) is 0 Å². The number of allylic oxidation sites excluding steroid dienone is 2. The number of aryl methyl sites for hydroxylation is 1. The van der Waals surface area contributed by atoms with Crippen LogP contribution in [0.5, 0.6) is 0 Å². The average Bonchev–Trinajstić information content (AvgIpc) is 2.28. The fourth-order valence-corrected chi connectivity index (χ4v) is 2.55. The number of halogens is 1. The van der Waals surface area contributed by atoms with Crippen LogP contribution in [-0.2, 0) is 11.2 Å². The maximum Gasteiger partial charge on any atom is 0.328 e. The minimum absolute atomic E-state index is 0.876. The quantitative estimate of drug-likeness (QED) is 0.843. The van der Waals surface area contributed by atoms with Crippen LogP contribution in [0.1, 0.15) is 17.5 Å². The molecule has 0 radical (unpaired) electrons. The number of hydrogen-bond donors (Lipinski definition) is 1. The molecule has 0 aliphatic heterocycles. The smallest absolute Gasteiger partial charge is 0.328 e. The Hall–Kier alpha value is -1.35. The Morgan fingerprint density at radius 1 is 1.31 bits per heavy atom. The summed E-state index contributed by atoms with van der Waals surface area (Å²) >= 11 is 3.54. The fourth-order valence-electron chi connectivity index (χ4n) is 1.83. The van der Waals surface area contributed by atoms with E-state index in [2.05, 4.69) is 22.0 Å². The van der Waals surface area contributed by atoms with Crippen molar-refractivity contribution in [2.45, 2.75) is 12.8 Å². The fraction of sp³-hybridized carbons (Fsp3) is 0.154. The van der Waals surface area contributed by atoms with Crippen LogP contribution >= 0.6 is 15.9 Å². The molecule has 16 heavy (non-hydrogen) atoms. The molecule has 0 amide bonds. The van der Waals surface area contributed by atoms with Gasteiger partial charge in [-0.2, -0.15) is 0 Å². The molecule has 0 aromatic heterocycles. The number of aliphatic carboxylic acids is 1. The van der Waals surface area contributed by atoms with E-state index in [1.807, 2.05) is 18.2 Å². The highest BCUT2D eigenvalue weighted by Crippen LogP contribution is 2.35.